The minimum absolute atomic E-state index is 0.398. The minimum atomic E-state index is 0.398. The van der Waals surface area contributed by atoms with E-state index in [0.717, 1.165) is 10.9 Å². The summed E-state index contributed by atoms with van der Waals surface area (Å²) in [6, 6.07) is 9.25. The lowest BCUT2D eigenvalue weighted by molar-refractivity contribution is 0.437. The number of halogens is 1. The van der Waals surface area contributed by atoms with Crippen LogP contribution in [-0.2, 0) is 0 Å². The van der Waals surface area contributed by atoms with Gasteiger partial charge in [-0.2, -0.15) is 0 Å². The van der Waals surface area contributed by atoms with Gasteiger partial charge in [0.05, 0.1) is 0 Å². The molecular weight excluding hydrogens is 230 g/mol. The van der Waals surface area contributed by atoms with Gasteiger partial charge in [-0.3, -0.25) is 0 Å². The van der Waals surface area contributed by atoms with Crippen molar-refractivity contribution in [3.8, 4) is 0 Å². The van der Waals surface area contributed by atoms with Gasteiger partial charge in [0.15, 0.2) is 0 Å². The molecule has 0 bridgehead atoms. The molecule has 0 amide bonds. The monoisotopic (exact) mass is 251 g/mol. The van der Waals surface area contributed by atoms with Crippen LogP contribution >= 0.6 is 11.6 Å². The molecule has 0 aromatic heterocycles. The van der Waals surface area contributed by atoms with E-state index < -0.39 is 0 Å². The summed E-state index contributed by atoms with van der Waals surface area (Å²) in [5.41, 5.74) is 1.29. The van der Waals surface area contributed by atoms with Crippen molar-refractivity contribution in [2.45, 2.75) is 51.6 Å². The predicted octanol–water partition coefficient (Wildman–Crippen LogP) is 4.57. The van der Waals surface area contributed by atoms with Crippen LogP contribution in [0.1, 0.15) is 51.1 Å². The normalized spacial score (nSPS) is 26.1. The van der Waals surface area contributed by atoms with Gasteiger partial charge in [-0.15, -0.1) is 0 Å². The van der Waals surface area contributed by atoms with Crippen LogP contribution in [0.15, 0.2) is 24.3 Å². The summed E-state index contributed by atoms with van der Waals surface area (Å²) in [7, 11) is 0. The van der Waals surface area contributed by atoms with Crippen LogP contribution in [0.25, 0.3) is 0 Å². The molecule has 0 heterocycles. The van der Waals surface area contributed by atoms with E-state index in [4.69, 9.17) is 11.6 Å². The van der Waals surface area contributed by atoms with Crippen molar-refractivity contribution in [1.82, 2.24) is 5.32 Å². The van der Waals surface area contributed by atoms with Gasteiger partial charge in [0.2, 0.25) is 0 Å². The maximum absolute atomic E-state index is 6.02. The van der Waals surface area contributed by atoms with Gasteiger partial charge in [-0.05, 0) is 49.8 Å². The van der Waals surface area contributed by atoms with Crippen LogP contribution in [0, 0.1) is 5.92 Å². The molecule has 1 aromatic carbocycles. The number of hydrogen-bond acceptors (Lipinski definition) is 1. The fourth-order valence-corrected chi connectivity index (χ4v) is 3.02. The van der Waals surface area contributed by atoms with Gasteiger partial charge in [0.1, 0.15) is 0 Å². The Kier molecular flexibility index (Phi) is 4.47. The van der Waals surface area contributed by atoms with E-state index in [-0.39, 0.29) is 0 Å². The summed E-state index contributed by atoms with van der Waals surface area (Å²) in [4.78, 5) is 0. The zero-order valence-corrected chi connectivity index (χ0v) is 11.5. The second kappa shape index (κ2) is 5.88. The molecule has 0 spiro atoms. The standard InChI is InChI=1S/C15H22ClN/c1-3-12-7-8-15(9-12)17-11(2)13-5-4-6-14(16)10-13/h4-6,10-12,15,17H,3,7-9H2,1-2H3/t11-,12?,15?/m1/s1. The maximum atomic E-state index is 6.02. The molecule has 0 aliphatic heterocycles. The highest BCUT2D eigenvalue weighted by Gasteiger charge is 2.24. The molecule has 3 atom stereocenters. The second-order valence-corrected chi connectivity index (χ2v) is 5.66. The Morgan fingerprint density at radius 3 is 2.88 bits per heavy atom. The second-order valence-electron chi connectivity index (χ2n) is 5.23. The van der Waals surface area contributed by atoms with Crippen LogP contribution in [0.5, 0.6) is 0 Å². The highest BCUT2D eigenvalue weighted by atomic mass is 35.5. The smallest absolute Gasteiger partial charge is 0.0409 e. The third-order valence-corrected chi connectivity index (χ3v) is 4.19. The summed E-state index contributed by atoms with van der Waals surface area (Å²) in [6.07, 6.45) is 5.37. The molecule has 2 rings (SSSR count). The molecule has 17 heavy (non-hydrogen) atoms. The van der Waals surface area contributed by atoms with Gasteiger partial charge in [-0.25, -0.2) is 0 Å². The average Bonchev–Trinajstić information content (AvgIpc) is 2.77. The van der Waals surface area contributed by atoms with E-state index in [9.17, 15) is 0 Å². The fraction of sp³-hybridized carbons (Fsp3) is 0.600. The summed E-state index contributed by atoms with van der Waals surface area (Å²) in [5.74, 6) is 0.930. The van der Waals surface area contributed by atoms with Crippen LogP contribution in [0.2, 0.25) is 5.02 Å². The van der Waals surface area contributed by atoms with E-state index in [1.807, 2.05) is 12.1 Å². The number of nitrogens with one attached hydrogen (secondary N) is 1. The predicted molar refractivity (Wildman–Crippen MR) is 74.4 cm³/mol. The van der Waals surface area contributed by atoms with Crippen molar-refractivity contribution in [3.63, 3.8) is 0 Å². The molecule has 2 unspecified atom stereocenters. The summed E-state index contributed by atoms with van der Waals surface area (Å²) in [6.45, 7) is 4.53. The van der Waals surface area contributed by atoms with Crippen LogP contribution in [0.3, 0.4) is 0 Å². The first-order valence-electron chi connectivity index (χ1n) is 6.70. The number of rotatable bonds is 4. The van der Waals surface area contributed by atoms with E-state index in [2.05, 4.69) is 31.3 Å². The molecular formula is C15H22ClN. The minimum Gasteiger partial charge on any atom is -0.307 e. The van der Waals surface area contributed by atoms with Crippen LogP contribution in [-0.4, -0.2) is 6.04 Å². The molecule has 2 heteroatoms. The van der Waals surface area contributed by atoms with Gasteiger partial charge < -0.3 is 5.32 Å². The molecule has 1 saturated carbocycles. The Balaban J connectivity index is 1.91. The van der Waals surface area contributed by atoms with E-state index in [0.29, 0.717) is 12.1 Å². The third-order valence-electron chi connectivity index (χ3n) is 3.95. The van der Waals surface area contributed by atoms with E-state index in [1.54, 1.807) is 0 Å². The van der Waals surface area contributed by atoms with Crippen LogP contribution in [0.4, 0.5) is 0 Å². The van der Waals surface area contributed by atoms with Gasteiger partial charge >= 0.3 is 0 Å². The van der Waals surface area contributed by atoms with Gasteiger partial charge in [0.25, 0.3) is 0 Å². The van der Waals surface area contributed by atoms with E-state index >= 15 is 0 Å². The highest BCUT2D eigenvalue weighted by molar-refractivity contribution is 6.30. The lowest BCUT2D eigenvalue weighted by Crippen LogP contribution is -2.29. The van der Waals surface area contributed by atoms with E-state index in [1.165, 1.54) is 31.2 Å². The van der Waals surface area contributed by atoms with Crippen molar-refractivity contribution in [1.29, 1.82) is 0 Å². The molecule has 1 fully saturated rings. The average molecular weight is 252 g/mol. The summed E-state index contributed by atoms with van der Waals surface area (Å²) in [5, 5.41) is 4.56. The molecule has 0 radical (unpaired) electrons. The molecule has 1 aliphatic carbocycles. The first kappa shape index (κ1) is 12.9. The summed E-state index contributed by atoms with van der Waals surface area (Å²) < 4.78 is 0. The Bertz CT molecular complexity index is 364. The number of benzene rings is 1. The van der Waals surface area contributed by atoms with Crippen molar-refractivity contribution >= 4 is 11.6 Å². The Labute approximate surface area is 110 Å². The number of hydrogen-bond donors (Lipinski definition) is 1. The fourth-order valence-electron chi connectivity index (χ4n) is 2.82. The Hall–Kier alpha value is -0.530. The molecule has 0 saturated heterocycles. The Morgan fingerprint density at radius 1 is 1.41 bits per heavy atom. The van der Waals surface area contributed by atoms with Gasteiger partial charge in [0, 0.05) is 17.1 Å². The highest BCUT2D eigenvalue weighted by Crippen LogP contribution is 2.29. The molecule has 94 valence electrons. The SMILES string of the molecule is CCC1CCC(N[C@H](C)c2cccc(Cl)c2)C1. The van der Waals surface area contributed by atoms with Gasteiger partial charge in [-0.1, -0.05) is 37.1 Å². The van der Waals surface area contributed by atoms with Crippen molar-refractivity contribution in [2.75, 3.05) is 0 Å². The lowest BCUT2D eigenvalue weighted by Gasteiger charge is -2.20. The summed E-state index contributed by atoms with van der Waals surface area (Å²) >= 11 is 6.02. The lowest BCUT2D eigenvalue weighted by atomic mass is 10.0. The molecule has 1 aromatic rings. The topological polar surface area (TPSA) is 12.0 Å². The quantitative estimate of drug-likeness (QED) is 0.827. The van der Waals surface area contributed by atoms with Crippen molar-refractivity contribution in [2.24, 2.45) is 5.92 Å². The van der Waals surface area contributed by atoms with Crippen LogP contribution < -0.4 is 5.32 Å². The zero-order valence-electron chi connectivity index (χ0n) is 10.7. The largest absolute Gasteiger partial charge is 0.307 e. The molecule has 1 aliphatic rings. The first-order chi connectivity index (χ1) is 8.19. The Morgan fingerprint density at radius 2 is 2.24 bits per heavy atom. The zero-order chi connectivity index (χ0) is 12.3. The first-order valence-corrected chi connectivity index (χ1v) is 7.08. The van der Waals surface area contributed by atoms with Crippen molar-refractivity contribution in [3.05, 3.63) is 34.9 Å². The molecule has 1 nitrogen and oxygen atoms in total. The molecule has 1 N–H and O–H groups in total. The van der Waals surface area contributed by atoms with Crippen molar-refractivity contribution < 1.29 is 0 Å². The third kappa shape index (κ3) is 3.46. The maximum Gasteiger partial charge on any atom is 0.0409 e.